The summed E-state index contributed by atoms with van der Waals surface area (Å²) in [6.07, 6.45) is 5.19. The van der Waals surface area contributed by atoms with E-state index >= 15 is 0 Å². The number of anilines is 1. The van der Waals surface area contributed by atoms with E-state index in [0.717, 1.165) is 36.7 Å². The highest BCUT2D eigenvalue weighted by atomic mass is 32.1. The number of fused-ring (bicyclic) bond motifs is 1. The molecule has 1 aromatic heterocycles. The Morgan fingerprint density at radius 2 is 2.22 bits per heavy atom. The van der Waals surface area contributed by atoms with E-state index in [0.29, 0.717) is 0 Å². The molecule has 0 saturated carbocycles. The lowest BCUT2D eigenvalue weighted by Gasteiger charge is -2.15. The molecule has 1 amide bonds. The third kappa shape index (κ3) is 2.91. The monoisotopic (exact) mass is 266 g/mol. The molecule has 1 heterocycles. The van der Waals surface area contributed by atoms with Crippen LogP contribution in [0.3, 0.4) is 0 Å². The maximum atomic E-state index is 12.0. The van der Waals surface area contributed by atoms with Gasteiger partial charge in [0.15, 0.2) is 5.13 Å². The molecule has 4 heteroatoms. The van der Waals surface area contributed by atoms with Crippen LogP contribution >= 0.6 is 11.3 Å². The van der Waals surface area contributed by atoms with Crippen LogP contribution in [0.4, 0.5) is 5.13 Å². The molecule has 1 N–H and O–H groups in total. The normalized spacial score (nSPS) is 18.8. The van der Waals surface area contributed by atoms with Crippen molar-refractivity contribution in [2.45, 2.75) is 52.9 Å². The van der Waals surface area contributed by atoms with Crippen molar-refractivity contribution in [1.82, 2.24) is 4.98 Å². The van der Waals surface area contributed by atoms with Crippen LogP contribution in [-0.4, -0.2) is 10.9 Å². The molecule has 0 fully saturated rings. The lowest BCUT2D eigenvalue weighted by Crippen LogP contribution is -2.21. The van der Waals surface area contributed by atoms with E-state index in [2.05, 4.69) is 31.1 Å². The van der Waals surface area contributed by atoms with Crippen LogP contribution in [0.5, 0.6) is 0 Å². The van der Waals surface area contributed by atoms with Gasteiger partial charge in [-0.2, -0.15) is 0 Å². The molecule has 1 atom stereocenters. The van der Waals surface area contributed by atoms with Gasteiger partial charge in [0.1, 0.15) is 0 Å². The lowest BCUT2D eigenvalue weighted by molar-refractivity contribution is -0.120. The number of aromatic nitrogens is 1. The van der Waals surface area contributed by atoms with Crippen LogP contribution in [0.1, 0.15) is 50.6 Å². The van der Waals surface area contributed by atoms with Crippen LogP contribution in [0.2, 0.25) is 0 Å². The first-order valence-corrected chi connectivity index (χ1v) is 7.75. The number of nitrogens with one attached hydrogen (secondary N) is 1. The summed E-state index contributed by atoms with van der Waals surface area (Å²) in [4.78, 5) is 17.9. The second kappa shape index (κ2) is 5.83. The zero-order chi connectivity index (χ0) is 13.1. The molecule has 18 heavy (non-hydrogen) atoms. The standard InChI is InChI=1S/C14H22N2OS/c1-4-10(5-2)13(17)16-14-15-11-7-6-9(3)8-12(11)18-14/h9-10H,4-8H2,1-3H3,(H,15,16,17)/t9-/m1/s1. The Hall–Kier alpha value is -0.900. The number of rotatable bonds is 4. The molecule has 1 aliphatic rings. The zero-order valence-corrected chi connectivity index (χ0v) is 12.3. The van der Waals surface area contributed by atoms with Gasteiger partial charge in [-0.3, -0.25) is 4.79 Å². The third-order valence-electron chi connectivity index (χ3n) is 3.77. The number of carbonyl (C=O) groups is 1. The molecule has 0 aromatic carbocycles. The molecule has 2 rings (SSSR count). The number of thiazole rings is 1. The number of hydrogen-bond acceptors (Lipinski definition) is 3. The number of hydrogen-bond donors (Lipinski definition) is 1. The van der Waals surface area contributed by atoms with Crippen molar-refractivity contribution in [1.29, 1.82) is 0 Å². The first-order valence-electron chi connectivity index (χ1n) is 6.93. The number of amides is 1. The topological polar surface area (TPSA) is 42.0 Å². The predicted octanol–water partition coefficient (Wildman–Crippen LogP) is 3.64. The van der Waals surface area contributed by atoms with E-state index in [1.165, 1.54) is 17.0 Å². The van der Waals surface area contributed by atoms with Crippen LogP contribution in [-0.2, 0) is 17.6 Å². The van der Waals surface area contributed by atoms with Gasteiger partial charge < -0.3 is 5.32 Å². The van der Waals surface area contributed by atoms with E-state index < -0.39 is 0 Å². The molecule has 1 aliphatic carbocycles. The van der Waals surface area contributed by atoms with Gasteiger partial charge in [0, 0.05) is 10.8 Å². The summed E-state index contributed by atoms with van der Waals surface area (Å²) in [6.45, 7) is 6.40. The molecule has 0 bridgehead atoms. The van der Waals surface area contributed by atoms with Gasteiger partial charge in [0.25, 0.3) is 0 Å². The molecule has 0 saturated heterocycles. The summed E-state index contributed by atoms with van der Waals surface area (Å²) in [5, 5.41) is 3.78. The Morgan fingerprint density at radius 3 is 2.89 bits per heavy atom. The molecular formula is C14H22N2OS. The van der Waals surface area contributed by atoms with Crippen LogP contribution < -0.4 is 5.32 Å². The highest BCUT2D eigenvalue weighted by molar-refractivity contribution is 7.15. The van der Waals surface area contributed by atoms with Crippen molar-refractivity contribution in [2.75, 3.05) is 5.32 Å². The molecule has 3 nitrogen and oxygen atoms in total. The molecular weight excluding hydrogens is 244 g/mol. The van der Waals surface area contributed by atoms with Gasteiger partial charge in [-0.1, -0.05) is 20.8 Å². The van der Waals surface area contributed by atoms with Crippen LogP contribution in [0, 0.1) is 11.8 Å². The average Bonchev–Trinajstić information content (AvgIpc) is 2.71. The highest BCUT2D eigenvalue weighted by Gasteiger charge is 2.21. The maximum Gasteiger partial charge on any atom is 0.229 e. The molecule has 1 aromatic rings. The summed E-state index contributed by atoms with van der Waals surface area (Å²) in [5.74, 6) is 0.990. The lowest BCUT2D eigenvalue weighted by atomic mass is 9.93. The SMILES string of the molecule is CCC(CC)C(=O)Nc1nc2c(s1)C[C@H](C)CC2. The van der Waals surface area contributed by atoms with Gasteiger partial charge in [0.05, 0.1) is 5.69 Å². The van der Waals surface area contributed by atoms with Gasteiger partial charge in [-0.25, -0.2) is 4.98 Å². The van der Waals surface area contributed by atoms with E-state index in [-0.39, 0.29) is 11.8 Å². The summed E-state index contributed by atoms with van der Waals surface area (Å²) < 4.78 is 0. The minimum Gasteiger partial charge on any atom is -0.302 e. The number of aryl methyl sites for hydroxylation is 1. The van der Waals surface area contributed by atoms with Crippen molar-refractivity contribution < 1.29 is 4.79 Å². The summed E-state index contributed by atoms with van der Waals surface area (Å²) >= 11 is 1.66. The summed E-state index contributed by atoms with van der Waals surface area (Å²) in [7, 11) is 0. The minimum absolute atomic E-state index is 0.116. The van der Waals surface area contributed by atoms with E-state index in [1.54, 1.807) is 11.3 Å². The Kier molecular flexibility index (Phi) is 4.38. The predicted molar refractivity (Wildman–Crippen MR) is 76.0 cm³/mol. The summed E-state index contributed by atoms with van der Waals surface area (Å²) in [5.41, 5.74) is 1.21. The first-order chi connectivity index (χ1) is 8.63. The van der Waals surface area contributed by atoms with Crippen molar-refractivity contribution in [2.24, 2.45) is 11.8 Å². The van der Waals surface area contributed by atoms with Crippen LogP contribution in [0.25, 0.3) is 0 Å². The third-order valence-corrected chi connectivity index (χ3v) is 4.81. The van der Waals surface area contributed by atoms with Crippen molar-refractivity contribution in [3.63, 3.8) is 0 Å². The van der Waals surface area contributed by atoms with E-state index in [4.69, 9.17) is 0 Å². The fourth-order valence-corrected chi connectivity index (χ4v) is 3.63. The van der Waals surface area contributed by atoms with Crippen molar-refractivity contribution >= 4 is 22.4 Å². The largest absolute Gasteiger partial charge is 0.302 e. The van der Waals surface area contributed by atoms with Crippen molar-refractivity contribution in [3.8, 4) is 0 Å². The van der Waals surface area contributed by atoms with Gasteiger partial charge in [0.2, 0.25) is 5.91 Å². The Bertz CT molecular complexity index is 423. The van der Waals surface area contributed by atoms with Gasteiger partial charge >= 0.3 is 0 Å². The Balaban J connectivity index is 2.04. The van der Waals surface area contributed by atoms with E-state index in [1.807, 2.05) is 0 Å². The second-order valence-corrected chi connectivity index (χ2v) is 6.32. The Morgan fingerprint density at radius 1 is 1.50 bits per heavy atom. The highest BCUT2D eigenvalue weighted by Crippen LogP contribution is 2.32. The smallest absolute Gasteiger partial charge is 0.229 e. The van der Waals surface area contributed by atoms with Crippen molar-refractivity contribution in [3.05, 3.63) is 10.6 Å². The molecule has 0 radical (unpaired) electrons. The summed E-state index contributed by atoms with van der Waals surface area (Å²) in [6, 6.07) is 0. The number of carbonyl (C=O) groups excluding carboxylic acids is 1. The molecule has 100 valence electrons. The molecule has 0 unspecified atom stereocenters. The average molecular weight is 266 g/mol. The number of nitrogens with zero attached hydrogens (tertiary/aromatic N) is 1. The van der Waals surface area contributed by atoms with Gasteiger partial charge in [-0.05, 0) is 38.0 Å². The molecule has 0 aliphatic heterocycles. The second-order valence-electron chi connectivity index (χ2n) is 5.24. The molecule has 0 spiro atoms. The van der Waals surface area contributed by atoms with Gasteiger partial charge in [-0.15, -0.1) is 11.3 Å². The minimum atomic E-state index is 0.116. The first kappa shape index (κ1) is 13.5. The van der Waals surface area contributed by atoms with Crippen LogP contribution in [0.15, 0.2) is 0 Å². The maximum absolute atomic E-state index is 12.0. The quantitative estimate of drug-likeness (QED) is 0.904. The Labute approximate surface area is 113 Å². The fraction of sp³-hybridized carbons (Fsp3) is 0.714. The zero-order valence-electron chi connectivity index (χ0n) is 11.5. The van der Waals surface area contributed by atoms with E-state index in [9.17, 15) is 4.79 Å². The fourth-order valence-electron chi connectivity index (χ4n) is 2.46.